The fourth-order valence-electron chi connectivity index (χ4n) is 6.71. The summed E-state index contributed by atoms with van der Waals surface area (Å²) in [4.78, 5) is 30.0. The smallest absolute Gasteiger partial charge is 0.251 e. The van der Waals surface area contributed by atoms with E-state index in [1.165, 1.54) is 6.07 Å². The first kappa shape index (κ1) is 27.7. The molecule has 0 atom stereocenters. The third-order valence-electron chi connectivity index (χ3n) is 8.77. The van der Waals surface area contributed by atoms with Crippen molar-refractivity contribution in [2.45, 2.75) is 58.4 Å². The second-order valence-corrected chi connectivity index (χ2v) is 12.2. The summed E-state index contributed by atoms with van der Waals surface area (Å²) in [7, 11) is 0. The van der Waals surface area contributed by atoms with Crippen LogP contribution in [0, 0.1) is 22.2 Å². The van der Waals surface area contributed by atoms with E-state index in [2.05, 4.69) is 49.0 Å². The van der Waals surface area contributed by atoms with E-state index in [9.17, 15) is 24.3 Å². The Morgan fingerprint density at radius 1 is 1.10 bits per heavy atom. The van der Waals surface area contributed by atoms with E-state index in [1.54, 1.807) is 30.3 Å². The fourth-order valence-corrected chi connectivity index (χ4v) is 6.71. The van der Waals surface area contributed by atoms with Crippen LogP contribution < -0.4 is 20.5 Å². The number of rotatable bonds is 6. The Hall–Kier alpha value is -3.90. The summed E-state index contributed by atoms with van der Waals surface area (Å²) in [6, 6.07) is 15.7. The fraction of sp³-hybridized carbons (Fsp3) is 0.452. The van der Waals surface area contributed by atoms with Crippen molar-refractivity contribution in [2.24, 2.45) is 10.8 Å². The van der Waals surface area contributed by atoms with Crippen molar-refractivity contribution in [3.63, 3.8) is 0 Å². The van der Waals surface area contributed by atoms with Crippen LogP contribution in [-0.4, -0.2) is 53.5 Å². The molecule has 2 heterocycles. The van der Waals surface area contributed by atoms with E-state index < -0.39 is 23.1 Å². The Morgan fingerprint density at radius 2 is 1.75 bits per heavy atom. The van der Waals surface area contributed by atoms with E-state index in [0.717, 1.165) is 5.69 Å². The van der Waals surface area contributed by atoms with Gasteiger partial charge < -0.3 is 25.0 Å². The van der Waals surface area contributed by atoms with Crippen molar-refractivity contribution in [2.75, 3.05) is 24.6 Å². The van der Waals surface area contributed by atoms with E-state index in [0.29, 0.717) is 40.9 Å². The van der Waals surface area contributed by atoms with Gasteiger partial charge in [0.2, 0.25) is 5.56 Å². The predicted molar refractivity (Wildman–Crippen MR) is 151 cm³/mol. The third-order valence-corrected chi connectivity index (χ3v) is 8.77. The van der Waals surface area contributed by atoms with Gasteiger partial charge in [0.05, 0.1) is 17.7 Å². The lowest BCUT2D eigenvalue weighted by Crippen LogP contribution is -2.74. The molecule has 9 heteroatoms. The minimum absolute atomic E-state index is 0.181. The highest BCUT2D eigenvalue weighted by molar-refractivity contribution is 5.95. The lowest BCUT2D eigenvalue weighted by Gasteiger charge is -2.63. The number of pyridine rings is 1. The highest BCUT2D eigenvalue weighted by atomic mass is 19.1. The van der Waals surface area contributed by atoms with Gasteiger partial charge in [-0.1, -0.05) is 27.7 Å². The van der Waals surface area contributed by atoms with Crippen molar-refractivity contribution in [3.8, 4) is 11.8 Å². The molecule has 2 fully saturated rings. The van der Waals surface area contributed by atoms with Crippen molar-refractivity contribution < 1.29 is 19.0 Å². The van der Waals surface area contributed by atoms with Crippen LogP contribution in [0.2, 0.25) is 0 Å². The number of carbonyl (C=O) groups is 1. The number of hydrogen-bond donors (Lipinski definition) is 3. The Kier molecular flexibility index (Phi) is 6.87. The Balaban J connectivity index is 1.29. The highest BCUT2D eigenvalue weighted by Crippen LogP contribution is 2.56. The molecular formula is C31H35FN4O4. The number of piperidine rings is 1. The molecule has 1 saturated heterocycles. The van der Waals surface area contributed by atoms with Gasteiger partial charge in [0.25, 0.3) is 5.91 Å². The van der Waals surface area contributed by atoms with Gasteiger partial charge in [0.15, 0.2) is 0 Å². The molecule has 5 rings (SSSR count). The number of aromatic nitrogens is 1. The summed E-state index contributed by atoms with van der Waals surface area (Å²) in [5, 5.41) is 22.6. The minimum atomic E-state index is -1.51. The number of nitrogens with zero attached hydrogens (tertiary/aromatic N) is 2. The zero-order valence-corrected chi connectivity index (χ0v) is 23.3. The highest BCUT2D eigenvalue weighted by Gasteiger charge is 2.64. The minimum Gasteiger partial charge on any atom is -0.488 e. The largest absolute Gasteiger partial charge is 0.488 e. The Labute approximate surface area is 232 Å². The molecule has 0 spiro atoms. The number of fused-ring (bicyclic) bond motifs is 1. The lowest BCUT2D eigenvalue weighted by molar-refractivity contribution is -0.163. The third kappa shape index (κ3) is 4.71. The maximum Gasteiger partial charge on any atom is 0.251 e. The molecule has 40 heavy (non-hydrogen) atoms. The van der Waals surface area contributed by atoms with Crippen molar-refractivity contribution >= 4 is 22.5 Å². The second kappa shape index (κ2) is 9.93. The van der Waals surface area contributed by atoms with Gasteiger partial charge in [-0.3, -0.25) is 9.59 Å². The first-order valence-electron chi connectivity index (χ1n) is 13.6. The summed E-state index contributed by atoms with van der Waals surface area (Å²) in [6.45, 7) is 8.79. The van der Waals surface area contributed by atoms with E-state index in [4.69, 9.17) is 4.74 Å². The van der Waals surface area contributed by atoms with Crippen LogP contribution in [0.1, 0.15) is 56.5 Å². The van der Waals surface area contributed by atoms with Crippen LogP contribution in [0.4, 0.5) is 10.1 Å². The molecule has 0 bridgehead atoms. The van der Waals surface area contributed by atoms with Crippen molar-refractivity contribution in [1.82, 2.24) is 10.3 Å². The number of benzene rings is 2. The quantitative estimate of drug-likeness (QED) is 0.424. The number of aliphatic hydroxyl groups is 1. The number of ether oxygens (including phenoxy) is 1. The molecule has 0 radical (unpaired) electrons. The lowest BCUT2D eigenvalue weighted by atomic mass is 9.49. The predicted octanol–water partition coefficient (Wildman–Crippen LogP) is 4.31. The molecule has 1 aliphatic carbocycles. The molecule has 2 aromatic carbocycles. The molecule has 2 aliphatic rings. The summed E-state index contributed by atoms with van der Waals surface area (Å²) in [5.41, 5.74) is -0.365. The SMILES string of the molecule is CC1(C)C(NC(=O)c2ccc(N3CCC(F)(CO)CC3)cc2)C(C)(C)C1Oc1ccc(C#N)c2[nH]c(=O)ccc12. The Bertz CT molecular complexity index is 1520. The van der Waals surface area contributed by atoms with Gasteiger partial charge in [0.1, 0.15) is 23.6 Å². The summed E-state index contributed by atoms with van der Waals surface area (Å²) in [5.74, 6) is 0.387. The molecule has 1 amide bonds. The number of amides is 1. The average molecular weight is 547 g/mol. The van der Waals surface area contributed by atoms with Crippen molar-refractivity contribution in [3.05, 3.63) is 70.0 Å². The van der Waals surface area contributed by atoms with Gasteiger partial charge in [-0.05, 0) is 42.5 Å². The molecule has 3 aromatic rings. The normalized spacial score (nSPS) is 22.7. The maximum absolute atomic E-state index is 14.3. The first-order valence-corrected chi connectivity index (χ1v) is 13.6. The number of H-pyrrole nitrogens is 1. The maximum atomic E-state index is 14.3. The summed E-state index contributed by atoms with van der Waals surface area (Å²) < 4.78 is 20.9. The molecule has 1 saturated carbocycles. The number of aromatic amines is 1. The van der Waals surface area contributed by atoms with Crippen molar-refractivity contribution in [1.29, 1.82) is 5.26 Å². The zero-order valence-electron chi connectivity index (χ0n) is 23.3. The van der Waals surface area contributed by atoms with Gasteiger partial charge in [0, 0.05) is 65.5 Å². The molecule has 0 unspecified atom stereocenters. The number of nitriles is 1. The number of aliphatic hydroxyl groups excluding tert-OH is 1. The molecule has 210 valence electrons. The van der Waals surface area contributed by atoms with Crippen LogP contribution in [0.3, 0.4) is 0 Å². The molecule has 3 N–H and O–H groups in total. The van der Waals surface area contributed by atoms with E-state index in [-0.39, 0.29) is 36.5 Å². The number of alkyl halides is 1. The van der Waals surface area contributed by atoms with Gasteiger partial charge in [-0.15, -0.1) is 0 Å². The number of anilines is 1. The molecule has 1 aromatic heterocycles. The zero-order chi connectivity index (χ0) is 28.9. The van der Waals surface area contributed by atoms with Gasteiger partial charge in [-0.25, -0.2) is 4.39 Å². The number of nitrogens with one attached hydrogen (secondary N) is 2. The van der Waals surface area contributed by atoms with Gasteiger partial charge in [-0.2, -0.15) is 5.26 Å². The van der Waals surface area contributed by atoms with Crippen LogP contribution in [0.15, 0.2) is 53.3 Å². The monoisotopic (exact) mass is 546 g/mol. The second-order valence-electron chi connectivity index (χ2n) is 12.2. The molecule has 1 aliphatic heterocycles. The standard InChI is InChI=1S/C31H35FN4O4/c1-29(2)27(35-26(39)19-5-8-21(9-6-19)36-15-13-31(32,18-37)14-16-36)30(3,4)28(29)40-23-11-7-20(17-33)25-22(23)10-12-24(38)34-25/h5-12,27-28,37H,13-16,18H2,1-4H3,(H,34,38)(H,35,39). The van der Waals surface area contributed by atoms with Crippen LogP contribution in [-0.2, 0) is 0 Å². The first-order chi connectivity index (χ1) is 18.9. The van der Waals surface area contributed by atoms with Crippen LogP contribution in [0.5, 0.6) is 5.75 Å². The molecular weight excluding hydrogens is 511 g/mol. The number of hydrogen-bond acceptors (Lipinski definition) is 6. The van der Waals surface area contributed by atoms with Gasteiger partial charge >= 0.3 is 0 Å². The average Bonchev–Trinajstić information content (AvgIpc) is 2.94. The summed E-state index contributed by atoms with van der Waals surface area (Å²) in [6.07, 6.45) is 0.296. The Morgan fingerprint density at radius 3 is 2.35 bits per heavy atom. The number of carbonyl (C=O) groups excluding carboxylic acids is 1. The molecule has 8 nitrogen and oxygen atoms in total. The van der Waals surface area contributed by atoms with E-state index >= 15 is 0 Å². The van der Waals surface area contributed by atoms with Crippen LogP contribution >= 0.6 is 0 Å². The van der Waals surface area contributed by atoms with Crippen LogP contribution in [0.25, 0.3) is 10.9 Å². The topological polar surface area (TPSA) is 118 Å². The summed E-state index contributed by atoms with van der Waals surface area (Å²) >= 11 is 0. The number of halogens is 1. The van der Waals surface area contributed by atoms with E-state index in [1.807, 2.05) is 12.1 Å².